The van der Waals surface area contributed by atoms with Crippen molar-refractivity contribution in [2.45, 2.75) is 31.1 Å². The molecule has 1 fully saturated rings. The van der Waals surface area contributed by atoms with E-state index in [4.69, 9.17) is 4.74 Å². The first kappa shape index (κ1) is 13.8. The van der Waals surface area contributed by atoms with Gasteiger partial charge in [-0.15, -0.1) is 0 Å². The summed E-state index contributed by atoms with van der Waals surface area (Å²) in [5.41, 5.74) is 0.554. The van der Waals surface area contributed by atoms with Crippen LogP contribution in [-0.4, -0.2) is 36.7 Å². The Labute approximate surface area is 122 Å². The van der Waals surface area contributed by atoms with E-state index in [1.807, 2.05) is 0 Å². The van der Waals surface area contributed by atoms with Gasteiger partial charge in [0.25, 0.3) is 0 Å². The number of ether oxygens (including phenoxy) is 1. The van der Waals surface area contributed by atoms with Crippen LogP contribution in [0.3, 0.4) is 0 Å². The van der Waals surface area contributed by atoms with Crippen LogP contribution in [0, 0.1) is 0 Å². The molecule has 1 saturated heterocycles. The zero-order valence-corrected chi connectivity index (χ0v) is 12.1. The van der Waals surface area contributed by atoms with E-state index < -0.39 is 5.41 Å². The van der Waals surface area contributed by atoms with E-state index in [1.165, 1.54) is 11.9 Å². The Balaban J connectivity index is 2.15. The van der Waals surface area contributed by atoms with E-state index in [-0.39, 0.29) is 17.6 Å². The third kappa shape index (κ3) is 1.87. The minimum atomic E-state index is -0.738. The highest BCUT2D eigenvalue weighted by atomic mass is 16.5. The maximum atomic E-state index is 12.7. The molecule has 5 nitrogen and oxygen atoms in total. The molecule has 5 heteroatoms. The molecule has 0 bridgehead atoms. The van der Waals surface area contributed by atoms with Crippen molar-refractivity contribution in [1.82, 2.24) is 4.90 Å². The molecule has 0 N–H and O–H groups in total. The van der Waals surface area contributed by atoms with Crippen LogP contribution in [0.1, 0.15) is 41.6 Å². The highest BCUT2D eigenvalue weighted by Gasteiger charge is 2.50. The SMILES string of the molecule is COc1ccc2c(c1)C(=O)CCC21CCC(=O)N(C)C1=O. The number of hydrogen-bond acceptors (Lipinski definition) is 4. The van der Waals surface area contributed by atoms with Crippen LogP contribution >= 0.6 is 0 Å². The van der Waals surface area contributed by atoms with Gasteiger partial charge in [-0.05, 0) is 30.5 Å². The van der Waals surface area contributed by atoms with Crippen LogP contribution in [0.4, 0.5) is 0 Å². The van der Waals surface area contributed by atoms with Gasteiger partial charge in [-0.2, -0.15) is 0 Å². The van der Waals surface area contributed by atoms with Gasteiger partial charge in [0, 0.05) is 25.5 Å². The van der Waals surface area contributed by atoms with Crippen molar-refractivity contribution < 1.29 is 19.1 Å². The van der Waals surface area contributed by atoms with Crippen LogP contribution in [0.5, 0.6) is 5.75 Å². The molecule has 1 aliphatic carbocycles. The molecule has 1 aromatic carbocycles. The molecule has 21 heavy (non-hydrogen) atoms. The van der Waals surface area contributed by atoms with Gasteiger partial charge in [-0.1, -0.05) is 6.07 Å². The van der Waals surface area contributed by atoms with Crippen molar-refractivity contribution in [1.29, 1.82) is 0 Å². The van der Waals surface area contributed by atoms with Crippen molar-refractivity contribution in [2.75, 3.05) is 14.2 Å². The normalized spacial score (nSPS) is 25.2. The predicted octanol–water partition coefficient (Wildman–Crippen LogP) is 1.69. The molecule has 0 radical (unpaired) electrons. The zero-order chi connectivity index (χ0) is 15.2. The second-order valence-corrected chi connectivity index (χ2v) is 5.67. The number of hydrogen-bond donors (Lipinski definition) is 0. The number of fused-ring (bicyclic) bond motifs is 2. The number of methoxy groups -OCH3 is 1. The Morgan fingerprint density at radius 3 is 2.57 bits per heavy atom. The van der Waals surface area contributed by atoms with E-state index >= 15 is 0 Å². The predicted molar refractivity (Wildman–Crippen MR) is 75.2 cm³/mol. The van der Waals surface area contributed by atoms with E-state index in [1.54, 1.807) is 25.3 Å². The number of benzene rings is 1. The quantitative estimate of drug-likeness (QED) is 0.737. The second kappa shape index (κ2) is 4.69. The number of ketones is 1. The summed E-state index contributed by atoms with van der Waals surface area (Å²) in [7, 11) is 3.06. The van der Waals surface area contributed by atoms with Gasteiger partial charge in [0.2, 0.25) is 11.8 Å². The molecular formula is C16H17NO4. The van der Waals surface area contributed by atoms with Crippen molar-refractivity contribution in [3.05, 3.63) is 29.3 Å². The van der Waals surface area contributed by atoms with Crippen LogP contribution < -0.4 is 4.74 Å². The number of imide groups is 1. The summed E-state index contributed by atoms with van der Waals surface area (Å²) in [5, 5.41) is 0. The topological polar surface area (TPSA) is 63.7 Å². The number of rotatable bonds is 1. The molecular weight excluding hydrogens is 270 g/mol. The molecule has 0 aromatic heterocycles. The molecule has 1 spiro atoms. The molecule has 3 rings (SSSR count). The Morgan fingerprint density at radius 1 is 1.14 bits per heavy atom. The molecule has 1 aliphatic heterocycles. The van der Waals surface area contributed by atoms with E-state index in [0.29, 0.717) is 37.0 Å². The first-order valence-corrected chi connectivity index (χ1v) is 7.02. The van der Waals surface area contributed by atoms with Crippen LogP contribution in [0.25, 0.3) is 0 Å². The summed E-state index contributed by atoms with van der Waals surface area (Å²) in [4.78, 5) is 37.8. The Hall–Kier alpha value is -2.17. The summed E-state index contributed by atoms with van der Waals surface area (Å²) in [5.74, 6) is 0.281. The fourth-order valence-electron chi connectivity index (χ4n) is 3.41. The van der Waals surface area contributed by atoms with Gasteiger partial charge in [-0.25, -0.2) is 0 Å². The lowest BCUT2D eigenvalue weighted by Crippen LogP contribution is -2.54. The number of piperidine rings is 1. The fourth-order valence-corrected chi connectivity index (χ4v) is 3.41. The summed E-state index contributed by atoms with van der Waals surface area (Å²) >= 11 is 0. The van der Waals surface area contributed by atoms with E-state index in [2.05, 4.69) is 0 Å². The molecule has 0 saturated carbocycles. The van der Waals surface area contributed by atoms with Crippen molar-refractivity contribution in [3.63, 3.8) is 0 Å². The number of carbonyl (C=O) groups is 3. The van der Waals surface area contributed by atoms with E-state index in [0.717, 1.165) is 5.56 Å². The van der Waals surface area contributed by atoms with Crippen LogP contribution in [0.2, 0.25) is 0 Å². The molecule has 1 atom stereocenters. The molecule has 1 unspecified atom stereocenters. The number of amides is 2. The first-order chi connectivity index (χ1) is 9.99. The van der Waals surface area contributed by atoms with Crippen molar-refractivity contribution in [2.24, 2.45) is 0 Å². The third-order valence-corrected chi connectivity index (χ3v) is 4.68. The Bertz CT molecular complexity index is 652. The lowest BCUT2D eigenvalue weighted by molar-refractivity contribution is -0.152. The average Bonchev–Trinajstić information content (AvgIpc) is 2.51. The Morgan fingerprint density at radius 2 is 1.86 bits per heavy atom. The van der Waals surface area contributed by atoms with Gasteiger partial charge in [-0.3, -0.25) is 19.3 Å². The zero-order valence-electron chi connectivity index (χ0n) is 12.1. The minimum absolute atomic E-state index is 0.0295. The van der Waals surface area contributed by atoms with Gasteiger partial charge >= 0.3 is 0 Å². The number of carbonyl (C=O) groups excluding carboxylic acids is 3. The van der Waals surface area contributed by atoms with Gasteiger partial charge < -0.3 is 4.74 Å². The molecule has 2 aliphatic rings. The number of likely N-dealkylation sites (tertiary alicyclic amines) is 1. The second-order valence-electron chi connectivity index (χ2n) is 5.67. The molecule has 1 aromatic rings. The monoisotopic (exact) mass is 287 g/mol. The summed E-state index contributed by atoms with van der Waals surface area (Å²) in [6.45, 7) is 0. The lowest BCUT2D eigenvalue weighted by atomic mass is 9.65. The largest absolute Gasteiger partial charge is 0.497 e. The molecule has 110 valence electrons. The third-order valence-electron chi connectivity index (χ3n) is 4.68. The first-order valence-electron chi connectivity index (χ1n) is 7.02. The molecule has 2 amide bonds. The maximum Gasteiger partial charge on any atom is 0.239 e. The standard InChI is InChI=1S/C16H17NO4/c1-17-14(19)6-8-16(15(17)20)7-5-13(18)11-9-10(21-2)3-4-12(11)16/h3-4,9H,5-8H2,1-2H3. The van der Waals surface area contributed by atoms with Gasteiger partial charge in [0.1, 0.15) is 5.75 Å². The van der Waals surface area contributed by atoms with E-state index in [9.17, 15) is 14.4 Å². The number of Topliss-reactive ketones (excluding diaryl/α,β-unsaturated/α-hetero) is 1. The maximum absolute atomic E-state index is 12.7. The lowest BCUT2D eigenvalue weighted by Gasteiger charge is -2.42. The minimum Gasteiger partial charge on any atom is -0.497 e. The Kier molecular flexibility index (Phi) is 3.08. The van der Waals surface area contributed by atoms with Crippen molar-refractivity contribution in [3.8, 4) is 5.75 Å². The van der Waals surface area contributed by atoms with Gasteiger partial charge in [0.15, 0.2) is 5.78 Å². The highest BCUT2D eigenvalue weighted by molar-refractivity contribution is 6.08. The average molecular weight is 287 g/mol. The summed E-state index contributed by atoms with van der Waals surface area (Å²) < 4.78 is 5.17. The fraction of sp³-hybridized carbons (Fsp3) is 0.438. The van der Waals surface area contributed by atoms with Crippen molar-refractivity contribution >= 4 is 17.6 Å². The number of nitrogens with zero attached hydrogens (tertiary/aromatic N) is 1. The van der Waals surface area contributed by atoms with Gasteiger partial charge in [0.05, 0.1) is 12.5 Å². The smallest absolute Gasteiger partial charge is 0.239 e. The molecule has 1 heterocycles. The number of likely N-dealkylation sites (N-methyl/N-ethyl adjacent to an activating group) is 1. The highest BCUT2D eigenvalue weighted by Crippen LogP contribution is 2.45. The van der Waals surface area contributed by atoms with Crippen LogP contribution in [-0.2, 0) is 15.0 Å². The van der Waals surface area contributed by atoms with Crippen LogP contribution in [0.15, 0.2) is 18.2 Å². The summed E-state index contributed by atoms with van der Waals surface area (Å²) in [6, 6.07) is 5.26. The summed E-state index contributed by atoms with van der Waals surface area (Å²) in [6.07, 6.45) is 1.61.